The molecule has 0 N–H and O–H groups in total. The molecule has 2 heterocycles. The van der Waals surface area contributed by atoms with Crippen molar-refractivity contribution in [1.82, 2.24) is 9.80 Å². The number of methoxy groups -OCH3 is 1. The molecule has 0 unspecified atom stereocenters. The molecule has 1 aliphatic carbocycles. The van der Waals surface area contributed by atoms with Crippen molar-refractivity contribution in [3.63, 3.8) is 0 Å². The van der Waals surface area contributed by atoms with Crippen LogP contribution < -0.4 is 4.74 Å². The van der Waals surface area contributed by atoms with E-state index in [0.29, 0.717) is 23.8 Å². The van der Waals surface area contributed by atoms with E-state index < -0.39 is 0 Å². The fraction of sp³-hybridized carbons (Fsp3) is 0.650. The lowest BCUT2D eigenvalue weighted by molar-refractivity contribution is -0.131. The molecule has 2 saturated heterocycles. The van der Waals surface area contributed by atoms with E-state index >= 15 is 0 Å². The maximum Gasteiger partial charge on any atom is 0.226 e. The van der Waals surface area contributed by atoms with Gasteiger partial charge >= 0.3 is 0 Å². The number of para-hydroxylation sites is 1. The highest BCUT2D eigenvalue weighted by atomic mass is 16.5. The van der Waals surface area contributed by atoms with E-state index in [1.165, 1.54) is 5.56 Å². The molecule has 0 radical (unpaired) electrons. The first kappa shape index (κ1) is 16.9. The number of amides is 1. The van der Waals surface area contributed by atoms with Gasteiger partial charge < -0.3 is 14.4 Å². The van der Waals surface area contributed by atoms with Crippen LogP contribution in [0.1, 0.15) is 24.8 Å². The highest BCUT2D eigenvalue weighted by Gasteiger charge is 2.49. The van der Waals surface area contributed by atoms with Gasteiger partial charge in [0.1, 0.15) is 5.75 Å². The van der Waals surface area contributed by atoms with Crippen molar-refractivity contribution in [2.24, 2.45) is 11.8 Å². The van der Waals surface area contributed by atoms with Crippen molar-refractivity contribution in [3.05, 3.63) is 29.8 Å². The molecule has 25 heavy (non-hydrogen) atoms. The van der Waals surface area contributed by atoms with E-state index in [1.807, 2.05) is 18.2 Å². The number of rotatable bonds is 4. The monoisotopic (exact) mass is 344 g/mol. The van der Waals surface area contributed by atoms with E-state index in [9.17, 15) is 4.79 Å². The lowest BCUT2D eigenvalue weighted by Gasteiger charge is -2.34. The van der Waals surface area contributed by atoms with Crippen molar-refractivity contribution < 1.29 is 14.3 Å². The summed E-state index contributed by atoms with van der Waals surface area (Å²) in [6.07, 6.45) is 0.951. The molecule has 3 fully saturated rings. The largest absolute Gasteiger partial charge is 0.496 e. The Kier molecular flexibility index (Phi) is 4.69. The Balaban J connectivity index is 1.39. The first-order valence-electron chi connectivity index (χ1n) is 9.42. The topological polar surface area (TPSA) is 42.0 Å². The first-order valence-corrected chi connectivity index (χ1v) is 9.42. The van der Waals surface area contributed by atoms with Crippen molar-refractivity contribution >= 4 is 5.91 Å². The predicted molar refractivity (Wildman–Crippen MR) is 95.8 cm³/mol. The van der Waals surface area contributed by atoms with Gasteiger partial charge in [-0.25, -0.2) is 0 Å². The summed E-state index contributed by atoms with van der Waals surface area (Å²) in [4.78, 5) is 17.6. The van der Waals surface area contributed by atoms with Crippen molar-refractivity contribution in [2.75, 3.05) is 46.5 Å². The lowest BCUT2D eigenvalue weighted by Crippen LogP contribution is -2.47. The smallest absolute Gasteiger partial charge is 0.226 e. The SMILES string of the molecule is COc1ccccc1[C@@H]1C[C@@H]1C(=O)N1C[C@@H](N2CCOCC2)[C@@H](C)C1. The molecule has 0 spiro atoms. The minimum Gasteiger partial charge on any atom is -0.496 e. The summed E-state index contributed by atoms with van der Waals surface area (Å²) in [6.45, 7) is 7.64. The molecular weight excluding hydrogens is 316 g/mol. The van der Waals surface area contributed by atoms with Crippen molar-refractivity contribution in [3.8, 4) is 5.75 Å². The molecule has 1 aromatic carbocycles. The predicted octanol–water partition coefficient (Wildman–Crippen LogP) is 1.98. The van der Waals surface area contributed by atoms with Gasteiger partial charge in [0.15, 0.2) is 0 Å². The second-order valence-corrected chi connectivity index (χ2v) is 7.63. The van der Waals surface area contributed by atoms with Crippen LogP contribution >= 0.6 is 0 Å². The summed E-state index contributed by atoms with van der Waals surface area (Å²) in [5.41, 5.74) is 1.18. The van der Waals surface area contributed by atoms with Crippen LogP contribution in [-0.2, 0) is 9.53 Å². The second kappa shape index (κ2) is 6.96. The number of hydrogen-bond donors (Lipinski definition) is 0. The Hall–Kier alpha value is -1.59. The van der Waals surface area contributed by atoms with Crippen LogP contribution in [0.2, 0.25) is 0 Å². The minimum absolute atomic E-state index is 0.131. The molecule has 3 aliphatic rings. The third-order valence-corrected chi connectivity index (χ3v) is 6.05. The zero-order valence-electron chi connectivity index (χ0n) is 15.2. The van der Waals surface area contributed by atoms with Crippen LogP contribution in [-0.4, -0.2) is 68.3 Å². The van der Waals surface area contributed by atoms with Crippen LogP contribution in [0, 0.1) is 11.8 Å². The van der Waals surface area contributed by atoms with Crippen molar-refractivity contribution in [1.29, 1.82) is 0 Å². The fourth-order valence-corrected chi connectivity index (χ4v) is 4.53. The van der Waals surface area contributed by atoms with Gasteiger partial charge in [-0.2, -0.15) is 0 Å². The number of carbonyl (C=O) groups is 1. The van der Waals surface area contributed by atoms with Gasteiger partial charge in [-0.1, -0.05) is 25.1 Å². The van der Waals surface area contributed by atoms with Crippen LogP contribution in [0.3, 0.4) is 0 Å². The quantitative estimate of drug-likeness (QED) is 0.838. The van der Waals surface area contributed by atoms with Gasteiger partial charge in [0, 0.05) is 38.1 Å². The average molecular weight is 344 g/mol. The number of morpholine rings is 1. The molecule has 2 aliphatic heterocycles. The van der Waals surface area contributed by atoms with E-state index in [-0.39, 0.29) is 5.92 Å². The molecule has 136 valence electrons. The second-order valence-electron chi connectivity index (χ2n) is 7.63. The number of ether oxygens (including phenoxy) is 2. The Morgan fingerprint density at radius 2 is 1.96 bits per heavy atom. The van der Waals surface area contributed by atoms with E-state index in [4.69, 9.17) is 9.47 Å². The van der Waals surface area contributed by atoms with E-state index in [0.717, 1.165) is 51.6 Å². The van der Waals surface area contributed by atoms with Crippen LogP contribution in [0.4, 0.5) is 0 Å². The lowest BCUT2D eigenvalue weighted by atomic mass is 10.0. The Bertz CT molecular complexity index is 629. The number of likely N-dealkylation sites (tertiary alicyclic amines) is 1. The normalized spacial score (nSPS) is 32.6. The van der Waals surface area contributed by atoms with Crippen molar-refractivity contribution in [2.45, 2.75) is 25.3 Å². The molecule has 4 rings (SSSR count). The Labute approximate surface area is 149 Å². The molecule has 0 aromatic heterocycles. The maximum atomic E-state index is 13.0. The molecule has 1 aromatic rings. The minimum atomic E-state index is 0.131. The highest BCUT2D eigenvalue weighted by molar-refractivity contribution is 5.83. The zero-order valence-corrected chi connectivity index (χ0v) is 15.2. The Morgan fingerprint density at radius 1 is 1.20 bits per heavy atom. The van der Waals surface area contributed by atoms with Crippen LogP contribution in [0.15, 0.2) is 24.3 Å². The van der Waals surface area contributed by atoms with Gasteiger partial charge in [-0.15, -0.1) is 0 Å². The van der Waals surface area contributed by atoms with Gasteiger partial charge in [0.2, 0.25) is 5.91 Å². The Morgan fingerprint density at radius 3 is 2.72 bits per heavy atom. The zero-order chi connectivity index (χ0) is 17.4. The van der Waals surface area contributed by atoms with Gasteiger partial charge in [0.25, 0.3) is 0 Å². The summed E-state index contributed by atoms with van der Waals surface area (Å²) in [5, 5.41) is 0. The summed E-state index contributed by atoms with van der Waals surface area (Å²) >= 11 is 0. The first-order chi connectivity index (χ1) is 12.2. The molecule has 5 heteroatoms. The molecule has 1 amide bonds. The summed E-state index contributed by atoms with van der Waals surface area (Å²) in [6, 6.07) is 8.58. The fourth-order valence-electron chi connectivity index (χ4n) is 4.53. The standard InChI is InChI=1S/C20H28N2O3/c1-14-12-22(13-18(14)21-7-9-25-10-8-21)20(23)17-11-16(17)15-5-3-4-6-19(15)24-2/h3-6,14,16-18H,7-13H2,1-2H3/t14-,16-,17-,18+/m0/s1. The molecule has 5 nitrogen and oxygen atoms in total. The van der Waals surface area contributed by atoms with Crippen LogP contribution in [0.5, 0.6) is 5.75 Å². The van der Waals surface area contributed by atoms with E-state index in [1.54, 1.807) is 7.11 Å². The third kappa shape index (κ3) is 3.27. The third-order valence-electron chi connectivity index (χ3n) is 6.05. The number of hydrogen-bond acceptors (Lipinski definition) is 4. The maximum absolute atomic E-state index is 13.0. The summed E-state index contributed by atoms with van der Waals surface area (Å²) < 4.78 is 10.9. The summed E-state index contributed by atoms with van der Waals surface area (Å²) in [7, 11) is 1.70. The average Bonchev–Trinajstić information content (AvgIpc) is 3.36. The summed E-state index contributed by atoms with van der Waals surface area (Å²) in [5.74, 6) is 2.22. The van der Waals surface area contributed by atoms with Gasteiger partial charge in [0.05, 0.1) is 20.3 Å². The van der Waals surface area contributed by atoms with Gasteiger partial charge in [-0.05, 0) is 29.9 Å². The highest BCUT2D eigenvalue weighted by Crippen LogP contribution is 2.51. The molecule has 1 saturated carbocycles. The molecular formula is C20H28N2O3. The number of carbonyl (C=O) groups excluding carboxylic acids is 1. The number of nitrogens with zero attached hydrogens (tertiary/aromatic N) is 2. The molecule has 4 atom stereocenters. The van der Waals surface area contributed by atoms with Gasteiger partial charge in [-0.3, -0.25) is 9.69 Å². The van der Waals surface area contributed by atoms with E-state index in [2.05, 4.69) is 22.8 Å². The molecule has 0 bridgehead atoms. The number of benzene rings is 1. The van der Waals surface area contributed by atoms with Crippen LogP contribution in [0.25, 0.3) is 0 Å².